The molecule has 1 saturated heterocycles. The molecule has 5 aliphatic rings. The molecule has 2 saturated carbocycles. The molecule has 0 aromatic heterocycles. The minimum Gasteiger partial charge on any atom is -0.504 e. The standard InChI is InChI=1S/C36H41F3N2O5/c1-21(2)19-41(30(44)13-8-23-6-10-26(11-7-23)36(37,38)39)27-14-15-35(46-22(3)42)29-18-25-9-12-28(43)32-31(25)34(35,33(27)45-32)16-17-40(29)20-24-4-5-24/h6-13,21,24,27,29,33,43H,4-5,14-20H2,1-3H3/t27-,29-,33+,34+,35-/m1/s1. The molecular weight excluding hydrogens is 597 g/mol. The lowest BCUT2D eigenvalue weighted by molar-refractivity contribution is -0.224. The second kappa shape index (κ2) is 11.0. The zero-order valence-electron chi connectivity index (χ0n) is 26.5. The monoisotopic (exact) mass is 638 g/mol. The third kappa shape index (κ3) is 4.90. The zero-order valence-corrected chi connectivity index (χ0v) is 26.5. The highest BCUT2D eigenvalue weighted by Crippen LogP contribution is 2.67. The van der Waals surface area contributed by atoms with Gasteiger partial charge in [0.05, 0.1) is 23.1 Å². The number of carbonyl (C=O) groups excluding carboxylic acids is 2. The molecule has 2 aromatic rings. The predicted molar refractivity (Wildman–Crippen MR) is 165 cm³/mol. The van der Waals surface area contributed by atoms with Crippen LogP contribution in [0.2, 0.25) is 0 Å². The largest absolute Gasteiger partial charge is 0.504 e. The molecule has 0 unspecified atom stereocenters. The number of nitrogens with zero attached hydrogens (tertiary/aromatic N) is 2. The SMILES string of the molecule is CC(=O)O[C@@]12CC[C@@H](N(CC(C)C)C(=O)C=Cc3ccc(C(F)(F)F)cc3)[C@@H]3Oc4c(O)ccc5c4[C@@]31CCN(CC1CC1)[C@@H]2C5. The molecule has 0 radical (unpaired) electrons. The van der Waals surface area contributed by atoms with E-state index in [1.807, 2.05) is 24.8 Å². The fourth-order valence-corrected chi connectivity index (χ4v) is 9.04. The van der Waals surface area contributed by atoms with Gasteiger partial charge >= 0.3 is 12.1 Å². The molecule has 46 heavy (non-hydrogen) atoms. The summed E-state index contributed by atoms with van der Waals surface area (Å²) in [6.45, 7) is 7.73. The van der Waals surface area contributed by atoms with Crippen molar-refractivity contribution in [3.05, 3.63) is 64.7 Å². The van der Waals surface area contributed by atoms with Crippen LogP contribution in [0.5, 0.6) is 11.5 Å². The number of esters is 1. The maximum atomic E-state index is 14.0. The van der Waals surface area contributed by atoms with Crippen LogP contribution >= 0.6 is 0 Å². The van der Waals surface area contributed by atoms with Gasteiger partial charge in [0.2, 0.25) is 5.91 Å². The van der Waals surface area contributed by atoms with Crippen LogP contribution in [0.15, 0.2) is 42.5 Å². The van der Waals surface area contributed by atoms with Crippen LogP contribution in [0.25, 0.3) is 6.08 Å². The lowest BCUT2D eigenvalue weighted by Gasteiger charge is -2.65. The van der Waals surface area contributed by atoms with Crippen molar-refractivity contribution < 1.29 is 37.3 Å². The summed E-state index contributed by atoms with van der Waals surface area (Å²) in [4.78, 5) is 31.3. The van der Waals surface area contributed by atoms with Gasteiger partial charge in [0.15, 0.2) is 11.5 Å². The number of hydrogen-bond donors (Lipinski definition) is 1. The summed E-state index contributed by atoms with van der Waals surface area (Å²) < 4.78 is 52.6. The van der Waals surface area contributed by atoms with E-state index in [0.29, 0.717) is 49.5 Å². The maximum Gasteiger partial charge on any atom is 0.416 e. The van der Waals surface area contributed by atoms with Gasteiger partial charge in [0, 0.05) is 31.7 Å². The van der Waals surface area contributed by atoms with E-state index in [4.69, 9.17) is 9.47 Å². The number of amides is 1. The summed E-state index contributed by atoms with van der Waals surface area (Å²) in [5.74, 6) is 0.633. The summed E-state index contributed by atoms with van der Waals surface area (Å²) in [5.41, 5.74) is 0.127. The van der Waals surface area contributed by atoms with Gasteiger partial charge in [-0.3, -0.25) is 14.5 Å². The lowest BCUT2D eigenvalue weighted by Crippen LogP contribution is -2.79. The molecule has 246 valence electrons. The van der Waals surface area contributed by atoms with Crippen molar-refractivity contribution in [3.63, 3.8) is 0 Å². The van der Waals surface area contributed by atoms with Crippen molar-refractivity contribution in [1.82, 2.24) is 9.80 Å². The number of halogens is 3. The Kier molecular flexibility index (Phi) is 7.45. The molecule has 3 fully saturated rings. The third-order valence-corrected chi connectivity index (χ3v) is 10.9. The summed E-state index contributed by atoms with van der Waals surface area (Å²) >= 11 is 0. The van der Waals surface area contributed by atoms with Crippen LogP contribution in [0.1, 0.15) is 75.1 Å². The highest BCUT2D eigenvalue weighted by Gasteiger charge is 2.75. The molecule has 1 N–H and O–H groups in total. The number of rotatable bonds is 8. The predicted octanol–water partition coefficient (Wildman–Crippen LogP) is 6.11. The lowest BCUT2D eigenvalue weighted by atomic mass is 9.48. The van der Waals surface area contributed by atoms with Gasteiger partial charge in [-0.1, -0.05) is 32.0 Å². The van der Waals surface area contributed by atoms with E-state index >= 15 is 0 Å². The molecule has 10 heteroatoms. The number of likely N-dealkylation sites (tertiary alicyclic amines) is 1. The molecule has 3 aliphatic carbocycles. The van der Waals surface area contributed by atoms with Crippen molar-refractivity contribution in [2.45, 2.75) is 94.7 Å². The van der Waals surface area contributed by atoms with Crippen LogP contribution in [0.3, 0.4) is 0 Å². The summed E-state index contributed by atoms with van der Waals surface area (Å²) in [5, 5.41) is 11.1. The molecule has 5 atom stereocenters. The molecule has 2 aromatic carbocycles. The van der Waals surface area contributed by atoms with Gasteiger partial charge in [-0.15, -0.1) is 0 Å². The molecule has 7 rings (SSSR count). The Balaban J connectivity index is 1.28. The van der Waals surface area contributed by atoms with E-state index < -0.39 is 28.9 Å². The van der Waals surface area contributed by atoms with Crippen molar-refractivity contribution >= 4 is 18.0 Å². The van der Waals surface area contributed by atoms with Crippen molar-refractivity contribution in [2.24, 2.45) is 11.8 Å². The highest BCUT2D eigenvalue weighted by atomic mass is 19.4. The van der Waals surface area contributed by atoms with Crippen LogP contribution in [-0.2, 0) is 32.3 Å². The Morgan fingerprint density at radius 2 is 1.87 bits per heavy atom. The number of piperidine rings is 1. The first-order valence-corrected chi connectivity index (χ1v) is 16.5. The maximum absolute atomic E-state index is 14.0. The Labute approximate surface area is 267 Å². The summed E-state index contributed by atoms with van der Waals surface area (Å²) in [7, 11) is 0. The molecule has 2 aliphatic heterocycles. The van der Waals surface area contributed by atoms with Crippen LogP contribution in [-0.4, -0.2) is 70.2 Å². The topological polar surface area (TPSA) is 79.3 Å². The van der Waals surface area contributed by atoms with Gasteiger partial charge in [0.1, 0.15) is 11.7 Å². The van der Waals surface area contributed by atoms with Crippen molar-refractivity contribution in [2.75, 3.05) is 19.6 Å². The van der Waals surface area contributed by atoms with E-state index in [2.05, 4.69) is 4.90 Å². The van der Waals surface area contributed by atoms with Gasteiger partial charge < -0.3 is 19.5 Å². The molecule has 2 heterocycles. The third-order valence-electron chi connectivity index (χ3n) is 10.9. The Morgan fingerprint density at radius 1 is 1.13 bits per heavy atom. The summed E-state index contributed by atoms with van der Waals surface area (Å²) in [6, 6.07) is 7.94. The quantitative estimate of drug-likeness (QED) is 0.278. The Bertz CT molecular complexity index is 1570. The first-order chi connectivity index (χ1) is 21.8. The van der Waals surface area contributed by atoms with E-state index in [0.717, 1.165) is 36.3 Å². The number of aromatic hydroxyl groups is 1. The van der Waals surface area contributed by atoms with Crippen LogP contribution in [0.4, 0.5) is 13.2 Å². The second-order valence-electron chi connectivity index (χ2n) is 14.3. The average Bonchev–Trinajstić information content (AvgIpc) is 3.74. The molecule has 1 spiro atoms. The number of phenolic OH excluding ortho intramolecular Hbond substituents is 1. The minimum atomic E-state index is -4.44. The van der Waals surface area contributed by atoms with E-state index in [9.17, 15) is 27.9 Å². The van der Waals surface area contributed by atoms with E-state index in [1.165, 1.54) is 38.0 Å². The first kappa shape index (κ1) is 31.1. The van der Waals surface area contributed by atoms with Crippen LogP contribution in [0, 0.1) is 11.8 Å². The number of alkyl halides is 3. The fraction of sp³-hybridized carbons (Fsp3) is 0.556. The smallest absolute Gasteiger partial charge is 0.416 e. The minimum absolute atomic E-state index is 0.0424. The zero-order chi connectivity index (χ0) is 32.6. The summed E-state index contributed by atoms with van der Waals surface area (Å²) in [6.07, 6.45) is 2.82. The van der Waals surface area contributed by atoms with Gasteiger partial charge in [-0.2, -0.15) is 13.2 Å². The molecule has 1 amide bonds. The molecular formula is C36H41F3N2O5. The number of ether oxygens (including phenoxy) is 2. The van der Waals surface area contributed by atoms with Crippen LogP contribution < -0.4 is 4.74 Å². The number of carbonyl (C=O) groups is 2. The Morgan fingerprint density at radius 3 is 2.52 bits per heavy atom. The molecule has 7 nitrogen and oxygen atoms in total. The average molecular weight is 639 g/mol. The number of benzene rings is 2. The van der Waals surface area contributed by atoms with E-state index in [-0.39, 0.29) is 35.6 Å². The fourth-order valence-electron chi connectivity index (χ4n) is 9.04. The van der Waals surface area contributed by atoms with Gasteiger partial charge in [0.25, 0.3) is 0 Å². The number of hydrogen-bond acceptors (Lipinski definition) is 6. The van der Waals surface area contributed by atoms with Gasteiger partial charge in [-0.05, 0) is 92.3 Å². The highest BCUT2D eigenvalue weighted by molar-refractivity contribution is 5.92. The Hall–Kier alpha value is -3.53. The number of phenols is 1. The molecule has 2 bridgehead atoms. The van der Waals surface area contributed by atoms with E-state index in [1.54, 1.807) is 12.1 Å². The van der Waals surface area contributed by atoms with Crippen molar-refractivity contribution in [1.29, 1.82) is 0 Å². The first-order valence-electron chi connectivity index (χ1n) is 16.5. The second-order valence-corrected chi connectivity index (χ2v) is 14.3. The normalized spacial score (nSPS) is 29.8. The van der Waals surface area contributed by atoms with Crippen molar-refractivity contribution in [3.8, 4) is 11.5 Å². The van der Waals surface area contributed by atoms with Gasteiger partial charge in [-0.25, -0.2) is 0 Å².